The number of hydrogen-bond donors (Lipinski definition) is 0. The summed E-state index contributed by atoms with van der Waals surface area (Å²) in [7, 11) is 1.60. The van der Waals surface area contributed by atoms with Gasteiger partial charge in [0.1, 0.15) is 23.6 Å². The summed E-state index contributed by atoms with van der Waals surface area (Å²) in [6.07, 6.45) is 4.64. The van der Waals surface area contributed by atoms with Crippen molar-refractivity contribution < 1.29 is 9.66 Å². The third-order valence-corrected chi connectivity index (χ3v) is 4.51. The Morgan fingerprint density at radius 1 is 1.03 bits per heavy atom. The van der Waals surface area contributed by atoms with Gasteiger partial charge >= 0.3 is 0 Å². The minimum absolute atomic E-state index is 0.157. The summed E-state index contributed by atoms with van der Waals surface area (Å²) in [6, 6.07) is 17.2. The van der Waals surface area contributed by atoms with Crippen molar-refractivity contribution in [3.63, 3.8) is 0 Å². The lowest BCUT2D eigenvalue weighted by Gasteiger charge is -2.10. The van der Waals surface area contributed by atoms with Crippen LogP contribution in [-0.2, 0) is 0 Å². The summed E-state index contributed by atoms with van der Waals surface area (Å²) in [5, 5.41) is 11.4. The van der Waals surface area contributed by atoms with Gasteiger partial charge in [0, 0.05) is 6.07 Å². The molecule has 0 aliphatic rings. The summed E-state index contributed by atoms with van der Waals surface area (Å²) < 4.78 is 6.50. The van der Waals surface area contributed by atoms with Crippen LogP contribution in [0.5, 0.6) is 5.75 Å². The van der Waals surface area contributed by atoms with Crippen molar-refractivity contribution in [1.82, 2.24) is 14.5 Å². The van der Waals surface area contributed by atoms with Crippen LogP contribution in [0.4, 0.5) is 5.69 Å². The Kier molecular flexibility index (Phi) is 5.04. The van der Waals surface area contributed by atoms with Crippen LogP contribution in [0, 0.1) is 10.1 Å². The summed E-state index contributed by atoms with van der Waals surface area (Å²) in [4.78, 5) is 32.3. The van der Waals surface area contributed by atoms with Crippen LogP contribution in [0.15, 0.2) is 71.7 Å². The van der Waals surface area contributed by atoms with Crippen LogP contribution in [0.2, 0.25) is 0 Å². The minimum Gasteiger partial charge on any atom is -0.497 e. The smallest absolute Gasteiger partial charge is 0.287 e. The van der Waals surface area contributed by atoms with E-state index >= 15 is 0 Å². The first-order valence-electron chi connectivity index (χ1n) is 9.01. The molecule has 0 amide bonds. The molecule has 4 rings (SSSR count). The van der Waals surface area contributed by atoms with Crippen molar-refractivity contribution in [2.24, 2.45) is 0 Å². The molecule has 0 saturated carbocycles. The molecule has 0 atom stereocenters. The van der Waals surface area contributed by atoms with E-state index < -0.39 is 4.92 Å². The molecule has 30 heavy (non-hydrogen) atoms. The van der Waals surface area contributed by atoms with E-state index in [0.717, 1.165) is 17.5 Å². The van der Waals surface area contributed by atoms with Gasteiger partial charge in [-0.05, 0) is 42.0 Å². The Morgan fingerprint density at radius 3 is 2.47 bits per heavy atom. The zero-order chi connectivity index (χ0) is 21.1. The number of nitro groups is 1. The largest absolute Gasteiger partial charge is 0.497 e. The van der Waals surface area contributed by atoms with E-state index in [1.54, 1.807) is 37.5 Å². The van der Waals surface area contributed by atoms with Crippen molar-refractivity contribution >= 4 is 28.7 Å². The molecule has 0 spiro atoms. The maximum atomic E-state index is 13.2. The van der Waals surface area contributed by atoms with E-state index in [9.17, 15) is 14.9 Å². The first-order chi connectivity index (χ1) is 14.6. The molecule has 2 aromatic heterocycles. The minimum atomic E-state index is -0.539. The van der Waals surface area contributed by atoms with Crippen molar-refractivity contribution in [2.45, 2.75) is 0 Å². The maximum Gasteiger partial charge on any atom is 0.287 e. The molecule has 4 aromatic rings. The molecule has 0 N–H and O–H groups in total. The van der Waals surface area contributed by atoms with Gasteiger partial charge in [0.05, 0.1) is 22.9 Å². The fourth-order valence-corrected chi connectivity index (χ4v) is 2.99. The second kappa shape index (κ2) is 7.96. The van der Waals surface area contributed by atoms with Crippen LogP contribution in [0.1, 0.15) is 11.4 Å². The Labute approximate surface area is 170 Å². The van der Waals surface area contributed by atoms with Crippen LogP contribution in [0.25, 0.3) is 28.9 Å². The topological polar surface area (TPSA) is 100 Å². The average molecular weight is 400 g/mol. The maximum absolute atomic E-state index is 13.2. The highest BCUT2D eigenvalue weighted by molar-refractivity contribution is 5.80. The van der Waals surface area contributed by atoms with Crippen molar-refractivity contribution in [3.05, 3.63) is 98.7 Å². The van der Waals surface area contributed by atoms with Gasteiger partial charge in [-0.3, -0.25) is 14.9 Å². The molecule has 2 aromatic carbocycles. The van der Waals surface area contributed by atoms with E-state index in [0.29, 0.717) is 16.7 Å². The number of fused-ring (bicyclic) bond motifs is 1. The van der Waals surface area contributed by atoms with Gasteiger partial charge in [-0.25, -0.2) is 14.5 Å². The first kappa shape index (κ1) is 19.0. The normalized spacial score (nSPS) is 11.1. The van der Waals surface area contributed by atoms with E-state index in [1.807, 2.05) is 30.3 Å². The number of rotatable bonds is 5. The van der Waals surface area contributed by atoms with Crippen LogP contribution < -0.4 is 10.3 Å². The summed E-state index contributed by atoms with van der Waals surface area (Å²) in [5.41, 5.74) is 0.976. The number of aromatic nitrogens is 3. The van der Waals surface area contributed by atoms with Crippen LogP contribution in [-0.4, -0.2) is 26.6 Å². The highest BCUT2D eigenvalue weighted by Crippen LogP contribution is 2.17. The fraction of sp³-hybridized carbons (Fsp3) is 0.0455. The number of benzene rings is 2. The van der Waals surface area contributed by atoms with Gasteiger partial charge in [0.25, 0.3) is 11.2 Å². The van der Waals surface area contributed by atoms with Gasteiger partial charge in [0.15, 0.2) is 0 Å². The lowest BCUT2D eigenvalue weighted by molar-refractivity contribution is -0.385. The van der Waals surface area contributed by atoms with Crippen molar-refractivity contribution in [1.29, 1.82) is 0 Å². The summed E-state index contributed by atoms with van der Waals surface area (Å²) >= 11 is 0. The number of para-hydroxylation sites is 1. The second-order valence-corrected chi connectivity index (χ2v) is 6.37. The Morgan fingerprint density at radius 2 is 1.80 bits per heavy atom. The Balaban J connectivity index is 1.86. The molecule has 8 nitrogen and oxygen atoms in total. The highest BCUT2D eigenvalue weighted by atomic mass is 16.6. The molecular formula is C22H16N4O4. The van der Waals surface area contributed by atoms with Crippen LogP contribution >= 0.6 is 0 Å². The van der Waals surface area contributed by atoms with Gasteiger partial charge in [-0.15, -0.1) is 0 Å². The Bertz CT molecular complexity index is 1310. The zero-order valence-corrected chi connectivity index (χ0v) is 15.9. The SMILES string of the molecule is COc1ccc(/C=C/c2nc3ccccc3c(=O)n2-c2ccc([N+](=O)[O-])cn2)cc1. The number of methoxy groups -OCH3 is 1. The average Bonchev–Trinajstić information content (AvgIpc) is 2.78. The second-order valence-electron chi connectivity index (χ2n) is 6.37. The molecule has 0 bridgehead atoms. The predicted octanol–water partition coefficient (Wildman–Crippen LogP) is 3.87. The van der Waals surface area contributed by atoms with E-state index in [-0.39, 0.29) is 17.1 Å². The lowest BCUT2D eigenvalue weighted by atomic mass is 10.2. The molecule has 148 valence electrons. The molecule has 0 saturated heterocycles. The highest BCUT2D eigenvalue weighted by Gasteiger charge is 2.13. The van der Waals surface area contributed by atoms with Crippen molar-refractivity contribution in [3.8, 4) is 11.6 Å². The zero-order valence-electron chi connectivity index (χ0n) is 15.9. The third-order valence-electron chi connectivity index (χ3n) is 4.51. The molecule has 0 aliphatic heterocycles. The fourth-order valence-electron chi connectivity index (χ4n) is 2.99. The monoisotopic (exact) mass is 400 g/mol. The molecule has 0 fully saturated rings. The number of pyridine rings is 1. The standard InChI is InChI=1S/C22H16N4O4/c1-30-17-10-6-15(7-11-17)8-12-21-24-19-5-3-2-4-18(19)22(27)25(21)20-13-9-16(14-23-20)26(28)29/h2-14H,1H3/b12-8+. The molecule has 8 heteroatoms. The Hall–Kier alpha value is -4.33. The molecular weight excluding hydrogens is 384 g/mol. The molecule has 2 heterocycles. The van der Waals surface area contributed by atoms with E-state index in [4.69, 9.17) is 4.74 Å². The molecule has 0 unspecified atom stereocenters. The predicted molar refractivity (Wildman–Crippen MR) is 114 cm³/mol. The number of hydrogen-bond acceptors (Lipinski definition) is 6. The van der Waals surface area contributed by atoms with Gasteiger partial charge in [0.2, 0.25) is 0 Å². The van der Waals surface area contributed by atoms with Crippen molar-refractivity contribution in [2.75, 3.05) is 7.11 Å². The molecule has 0 aliphatic carbocycles. The summed E-state index contributed by atoms with van der Waals surface area (Å²) in [5.74, 6) is 1.34. The number of nitrogens with zero attached hydrogens (tertiary/aromatic N) is 4. The molecule has 0 radical (unpaired) electrons. The first-order valence-corrected chi connectivity index (χ1v) is 9.01. The van der Waals surface area contributed by atoms with E-state index in [1.165, 1.54) is 16.7 Å². The van der Waals surface area contributed by atoms with E-state index in [2.05, 4.69) is 9.97 Å². The lowest BCUT2D eigenvalue weighted by Crippen LogP contribution is -2.23. The van der Waals surface area contributed by atoms with Crippen LogP contribution in [0.3, 0.4) is 0 Å². The van der Waals surface area contributed by atoms with Gasteiger partial charge in [-0.1, -0.05) is 30.3 Å². The number of ether oxygens (including phenoxy) is 1. The van der Waals surface area contributed by atoms with Gasteiger partial charge in [-0.2, -0.15) is 0 Å². The quantitative estimate of drug-likeness (QED) is 0.372. The third kappa shape index (κ3) is 3.66. The van der Waals surface area contributed by atoms with Gasteiger partial charge < -0.3 is 4.74 Å². The summed E-state index contributed by atoms with van der Waals surface area (Å²) in [6.45, 7) is 0.